The predicted molar refractivity (Wildman–Crippen MR) is 65.1 cm³/mol. The van der Waals surface area contributed by atoms with Crippen LogP contribution in [0.3, 0.4) is 0 Å². The standard InChI is InChI=1S/C13H15NO3/c1-8(13(16)17)6-9-7-14(2)12-10(9)4-3-5-11(12)15/h3-5,7-8,15H,6H2,1-2H3,(H,16,17). The third-order valence-corrected chi connectivity index (χ3v) is 3.01. The van der Waals surface area contributed by atoms with Crippen molar-refractivity contribution >= 4 is 16.9 Å². The number of carboxylic acid groups (broad SMARTS) is 1. The molecule has 2 N–H and O–H groups in total. The molecule has 4 nitrogen and oxygen atoms in total. The highest BCUT2D eigenvalue weighted by Gasteiger charge is 2.16. The Kier molecular flexibility index (Phi) is 2.79. The maximum absolute atomic E-state index is 10.9. The second kappa shape index (κ2) is 4.13. The SMILES string of the molecule is CC(Cc1cn(C)c2c(O)cccc12)C(=O)O. The molecule has 0 aliphatic heterocycles. The minimum absolute atomic E-state index is 0.222. The first-order valence-corrected chi connectivity index (χ1v) is 5.49. The molecule has 0 fully saturated rings. The van der Waals surface area contributed by atoms with E-state index in [2.05, 4.69) is 0 Å². The van der Waals surface area contributed by atoms with E-state index in [1.807, 2.05) is 23.9 Å². The van der Waals surface area contributed by atoms with Crippen molar-refractivity contribution < 1.29 is 15.0 Å². The summed E-state index contributed by atoms with van der Waals surface area (Å²) in [6, 6.07) is 5.30. The summed E-state index contributed by atoms with van der Waals surface area (Å²) in [6.07, 6.45) is 2.35. The summed E-state index contributed by atoms with van der Waals surface area (Å²) in [5.74, 6) is -1.01. The first-order valence-electron chi connectivity index (χ1n) is 5.49. The van der Waals surface area contributed by atoms with Gasteiger partial charge in [-0.3, -0.25) is 4.79 Å². The lowest BCUT2D eigenvalue weighted by molar-refractivity contribution is -0.141. The number of aromatic nitrogens is 1. The Bertz CT molecular complexity index is 571. The Balaban J connectivity index is 2.49. The van der Waals surface area contributed by atoms with Crippen LogP contribution in [-0.4, -0.2) is 20.7 Å². The van der Waals surface area contributed by atoms with Crippen molar-refractivity contribution in [3.05, 3.63) is 30.0 Å². The number of carbonyl (C=O) groups is 1. The summed E-state index contributed by atoms with van der Waals surface area (Å²) in [6.45, 7) is 1.68. The fraction of sp³-hybridized carbons (Fsp3) is 0.308. The van der Waals surface area contributed by atoms with Crippen LogP contribution in [0.1, 0.15) is 12.5 Å². The van der Waals surface area contributed by atoms with Crippen molar-refractivity contribution in [2.45, 2.75) is 13.3 Å². The zero-order valence-electron chi connectivity index (χ0n) is 9.84. The average molecular weight is 233 g/mol. The number of para-hydroxylation sites is 1. The zero-order chi connectivity index (χ0) is 12.6. The molecule has 4 heteroatoms. The van der Waals surface area contributed by atoms with E-state index < -0.39 is 11.9 Å². The fourth-order valence-corrected chi connectivity index (χ4v) is 2.11. The van der Waals surface area contributed by atoms with E-state index in [0.29, 0.717) is 6.42 Å². The molecule has 0 spiro atoms. The molecule has 1 aromatic carbocycles. The molecular formula is C13H15NO3. The molecule has 2 rings (SSSR count). The molecule has 2 aromatic rings. The number of nitrogens with zero attached hydrogens (tertiary/aromatic N) is 1. The Morgan fingerprint density at radius 1 is 1.47 bits per heavy atom. The van der Waals surface area contributed by atoms with Crippen LogP contribution >= 0.6 is 0 Å². The molecule has 0 aliphatic carbocycles. The van der Waals surface area contributed by atoms with Gasteiger partial charge in [0.25, 0.3) is 0 Å². The van der Waals surface area contributed by atoms with E-state index in [1.54, 1.807) is 19.1 Å². The quantitative estimate of drug-likeness (QED) is 0.853. The maximum Gasteiger partial charge on any atom is 0.306 e. The van der Waals surface area contributed by atoms with Gasteiger partial charge in [-0.2, -0.15) is 0 Å². The number of hydrogen-bond acceptors (Lipinski definition) is 2. The van der Waals surface area contributed by atoms with Crippen molar-refractivity contribution in [2.75, 3.05) is 0 Å². The molecule has 0 amide bonds. The number of aromatic hydroxyl groups is 1. The molecule has 1 unspecified atom stereocenters. The molecule has 0 saturated carbocycles. The lowest BCUT2D eigenvalue weighted by atomic mass is 10.0. The average Bonchev–Trinajstić information content (AvgIpc) is 2.57. The van der Waals surface area contributed by atoms with Gasteiger partial charge in [0.15, 0.2) is 0 Å². The van der Waals surface area contributed by atoms with Gasteiger partial charge < -0.3 is 14.8 Å². The second-order valence-corrected chi connectivity index (χ2v) is 4.38. The van der Waals surface area contributed by atoms with Crippen molar-refractivity contribution in [2.24, 2.45) is 13.0 Å². The van der Waals surface area contributed by atoms with Crippen LogP contribution in [0, 0.1) is 5.92 Å². The number of phenolic OH excluding ortho intramolecular Hbond substituents is 1. The smallest absolute Gasteiger partial charge is 0.306 e. The van der Waals surface area contributed by atoms with Crippen molar-refractivity contribution in [3.8, 4) is 5.75 Å². The number of hydrogen-bond donors (Lipinski definition) is 2. The Labute approximate surface area is 99.1 Å². The van der Waals surface area contributed by atoms with E-state index >= 15 is 0 Å². The summed E-state index contributed by atoms with van der Waals surface area (Å²) in [4.78, 5) is 10.9. The first-order chi connectivity index (χ1) is 8.00. The summed E-state index contributed by atoms with van der Waals surface area (Å²) in [5, 5.41) is 19.6. The normalized spacial score (nSPS) is 12.8. The van der Waals surface area contributed by atoms with Crippen LogP contribution < -0.4 is 0 Å². The maximum atomic E-state index is 10.9. The molecule has 0 radical (unpaired) electrons. The molecule has 1 aromatic heterocycles. The lowest BCUT2D eigenvalue weighted by Gasteiger charge is -2.04. The largest absolute Gasteiger partial charge is 0.506 e. The van der Waals surface area contributed by atoms with E-state index in [-0.39, 0.29) is 5.75 Å². The molecule has 0 bridgehead atoms. The monoisotopic (exact) mass is 233 g/mol. The Hall–Kier alpha value is -1.97. The van der Waals surface area contributed by atoms with Crippen LogP contribution in [0.15, 0.2) is 24.4 Å². The molecule has 90 valence electrons. The van der Waals surface area contributed by atoms with Gasteiger partial charge in [0, 0.05) is 18.6 Å². The summed E-state index contributed by atoms with van der Waals surface area (Å²) < 4.78 is 1.83. The van der Waals surface area contributed by atoms with E-state index in [1.165, 1.54) is 0 Å². The highest BCUT2D eigenvalue weighted by atomic mass is 16.4. The number of aliphatic carboxylic acids is 1. The zero-order valence-corrected chi connectivity index (χ0v) is 9.84. The molecule has 0 aliphatic rings. The summed E-state index contributed by atoms with van der Waals surface area (Å²) in [5.41, 5.74) is 1.70. The van der Waals surface area contributed by atoms with Gasteiger partial charge in [-0.1, -0.05) is 19.1 Å². The number of phenols is 1. The highest BCUT2D eigenvalue weighted by molar-refractivity contribution is 5.89. The fourth-order valence-electron chi connectivity index (χ4n) is 2.11. The van der Waals surface area contributed by atoms with E-state index in [4.69, 9.17) is 5.11 Å². The minimum Gasteiger partial charge on any atom is -0.506 e. The van der Waals surface area contributed by atoms with Gasteiger partial charge in [-0.05, 0) is 18.1 Å². The van der Waals surface area contributed by atoms with Gasteiger partial charge >= 0.3 is 5.97 Å². The van der Waals surface area contributed by atoms with Crippen LogP contribution in [0.2, 0.25) is 0 Å². The summed E-state index contributed by atoms with van der Waals surface area (Å²) >= 11 is 0. The molecule has 0 saturated heterocycles. The number of rotatable bonds is 3. The molecular weight excluding hydrogens is 218 g/mol. The molecule has 17 heavy (non-hydrogen) atoms. The van der Waals surface area contributed by atoms with Gasteiger partial charge in [0.05, 0.1) is 11.4 Å². The molecule has 1 atom stereocenters. The van der Waals surface area contributed by atoms with Crippen LogP contribution in [0.4, 0.5) is 0 Å². The van der Waals surface area contributed by atoms with Crippen molar-refractivity contribution in [1.82, 2.24) is 4.57 Å². The number of fused-ring (bicyclic) bond motifs is 1. The minimum atomic E-state index is -0.804. The summed E-state index contributed by atoms with van der Waals surface area (Å²) in [7, 11) is 1.84. The highest BCUT2D eigenvalue weighted by Crippen LogP contribution is 2.29. The van der Waals surface area contributed by atoms with Crippen LogP contribution in [-0.2, 0) is 18.3 Å². The van der Waals surface area contributed by atoms with Crippen molar-refractivity contribution in [3.63, 3.8) is 0 Å². The van der Waals surface area contributed by atoms with Gasteiger partial charge in [-0.15, -0.1) is 0 Å². The molecule has 1 heterocycles. The number of carboxylic acids is 1. The topological polar surface area (TPSA) is 62.5 Å². The second-order valence-electron chi connectivity index (χ2n) is 4.38. The van der Waals surface area contributed by atoms with Crippen LogP contribution in [0.5, 0.6) is 5.75 Å². The lowest BCUT2D eigenvalue weighted by Crippen LogP contribution is -2.11. The third-order valence-electron chi connectivity index (χ3n) is 3.01. The Morgan fingerprint density at radius 3 is 2.82 bits per heavy atom. The Morgan fingerprint density at radius 2 is 2.18 bits per heavy atom. The third kappa shape index (κ3) is 1.98. The van der Waals surface area contributed by atoms with Gasteiger partial charge in [0.2, 0.25) is 0 Å². The predicted octanol–water partition coefficient (Wildman–Crippen LogP) is 2.15. The van der Waals surface area contributed by atoms with Crippen molar-refractivity contribution in [1.29, 1.82) is 0 Å². The van der Waals surface area contributed by atoms with Gasteiger partial charge in [0.1, 0.15) is 5.75 Å². The first kappa shape index (κ1) is 11.5. The van der Waals surface area contributed by atoms with E-state index in [9.17, 15) is 9.90 Å². The van der Waals surface area contributed by atoms with Crippen LogP contribution in [0.25, 0.3) is 10.9 Å². The van der Waals surface area contributed by atoms with Gasteiger partial charge in [-0.25, -0.2) is 0 Å². The number of benzene rings is 1. The van der Waals surface area contributed by atoms with E-state index in [0.717, 1.165) is 16.5 Å². The number of aryl methyl sites for hydroxylation is 1.